The Morgan fingerprint density at radius 1 is 0.776 bits per heavy atom. The number of aromatic carboxylic acids is 1. The fraction of sp³-hybridized carbons (Fsp3) is 0.486. The Morgan fingerprint density at radius 2 is 1.18 bits per heavy atom. The number of carbonyl (C=O) groups is 2. The number of aromatic nitrogens is 6. The number of ether oxygens (including phenoxy) is 1. The van der Waals surface area contributed by atoms with Gasteiger partial charge in [-0.1, -0.05) is 12.1 Å². The Kier molecular flexibility index (Phi) is 14.2. The molecule has 14 heteroatoms. The van der Waals surface area contributed by atoms with E-state index >= 15 is 0 Å². The molecule has 13 nitrogen and oxygen atoms in total. The van der Waals surface area contributed by atoms with Gasteiger partial charge in [0.1, 0.15) is 11.6 Å². The van der Waals surface area contributed by atoms with E-state index in [1.54, 1.807) is 6.07 Å². The normalized spacial score (nSPS) is 13.7. The molecule has 0 saturated heterocycles. The zero-order valence-corrected chi connectivity index (χ0v) is 31.9. The molecule has 2 aliphatic carbocycles. The van der Waals surface area contributed by atoms with E-state index in [2.05, 4.69) is 46.2 Å². The monoisotopic (exact) mass is 682 g/mol. The first-order valence-corrected chi connectivity index (χ1v) is 16.2. The zero-order chi connectivity index (χ0) is 33.8. The number of nitrogens with one attached hydrogen (secondary N) is 2. The molecular formula is C35H47N8NaO5. The summed E-state index contributed by atoms with van der Waals surface area (Å²) in [6, 6.07) is 7.69. The van der Waals surface area contributed by atoms with Crippen molar-refractivity contribution in [3.63, 3.8) is 0 Å². The molecule has 2 aromatic heterocycles. The number of aromatic amines is 2. The number of hydrogen-bond acceptors (Lipinski definition) is 10. The summed E-state index contributed by atoms with van der Waals surface area (Å²) >= 11 is 0. The van der Waals surface area contributed by atoms with Crippen LogP contribution in [0.25, 0.3) is 22.8 Å². The first-order valence-electron chi connectivity index (χ1n) is 16.2. The maximum absolute atomic E-state index is 12.0. The average molecular weight is 683 g/mol. The van der Waals surface area contributed by atoms with E-state index in [9.17, 15) is 14.7 Å². The van der Waals surface area contributed by atoms with Crippen LogP contribution in [0.15, 0.2) is 24.3 Å². The van der Waals surface area contributed by atoms with E-state index in [1.165, 1.54) is 31.1 Å². The van der Waals surface area contributed by atoms with E-state index in [1.807, 2.05) is 54.2 Å². The largest absolute Gasteiger partial charge is 1.00 e. The third-order valence-corrected chi connectivity index (χ3v) is 8.60. The quantitative estimate of drug-likeness (QED) is 0.146. The maximum Gasteiger partial charge on any atom is 1.00 e. The van der Waals surface area contributed by atoms with Crippen molar-refractivity contribution in [2.45, 2.75) is 64.2 Å². The topological polar surface area (TPSA) is 183 Å². The Morgan fingerprint density at radius 3 is 1.55 bits per heavy atom. The molecule has 6 rings (SSSR count). The Labute approximate surface area is 309 Å². The molecule has 0 aliphatic heterocycles. The minimum absolute atomic E-state index is 0. The van der Waals surface area contributed by atoms with E-state index in [0.29, 0.717) is 34.6 Å². The predicted octanol–water partition coefficient (Wildman–Crippen LogP) is 1.84. The van der Waals surface area contributed by atoms with Crippen molar-refractivity contribution in [2.24, 2.45) is 0 Å². The van der Waals surface area contributed by atoms with Crippen LogP contribution in [0.2, 0.25) is 0 Å². The molecule has 0 unspecified atom stereocenters. The molecule has 0 atom stereocenters. The molecule has 2 aromatic carbocycles. The number of carbonyl (C=O) groups excluding carboxylic acids is 1. The molecule has 0 bridgehead atoms. The van der Waals surface area contributed by atoms with Gasteiger partial charge >= 0.3 is 41.5 Å². The summed E-state index contributed by atoms with van der Waals surface area (Å²) in [4.78, 5) is 36.9. The van der Waals surface area contributed by atoms with Crippen LogP contribution in [-0.4, -0.2) is 111 Å². The molecule has 49 heavy (non-hydrogen) atoms. The molecule has 0 radical (unpaired) electrons. The van der Waals surface area contributed by atoms with Crippen molar-refractivity contribution in [1.82, 2.24) is 40.2 Å². The third-order valence-electron chi connectivity index (χ3n) is 8.60. The second-order valence-electron chi connectivity index (χ2n) is 13.2. The van der Waals surface area contributed by atoms with E-state index in [4.69, 9.17) is 4.74 Å². The summed E-state index contributed by atoms with van der Waals surface area (Å²) in [7, 11) is 9.50. The molecule has 2 saturated carbocycles. The van der Waals surface area contributed by atoms with Gasteiger partial charge < -0.3 is 25.1 Å². The van der Waals surface area contributed by atoms with Gasteiger partial charge in [-0.2, -0.15) is 10.2 Å². The molecule has 4 aromatic rings. The predicted molar refractivity (Wildman–Crippen MR) is 182 cm³/mol. The second-order valence-corrected chi connectivity index (χ2v) is 13.2. The number of nitrogens with zero attached hydrogens (tertiary/aromatic N) is 6. The van der Waals surface area contributed by atoms with Gasteiger partial charge in [0.25, 0.3) is 0 Å². The zero-order valence-electron chi connectivity index (χ0n) is 29.9. The number of hydrogen-bond donors (Lipinski definition) is 3. The number of esters is 1. The van der Waals surface area contributed by atoms with Crippen LogP contribution in [0, 0.1) is 13.8 Å². The van der Waals surface area contributed by atoms with Gasteiger partial charge in [0.2, 0.25) is 0 Å². The number of aryl methyl sites for hydroxylation is 2. The minimum Gasteiger partial charge on any atom is -0.870 e. The van der Waals surface area contributed by atoms with Crippen LogP contribution in [0.4, 0.5) is 0 Å². The Balaban J connectivity index is 0.000000255. The standard InChI is InChI=1S/C18H24N4O2.C17H22N4O2.Na.H2O/c1-11-9-14(12-5-6-12)15(10-13(11)18(23)24-4)17-19-16(20-21-17)7-8-22(2)3;1-10-8-13(11-4-5-11)14(9-12(10)17(22)23)16-18-15(19-20-16)6-7-21(2)3;;/h9-10,12H,5-8H2,1-4H3,(H,19,20,21);8-9,11H,4-7H2,1-3H3,(H,22,23)(H,18,19,20);;1H2/q;;+1;/p-1. The van der Waals surface area contributed by atoms with Gasteiger partial charge in [-0.15, -0.1) is 0 Å². The fourth-order valence-corrected chi connectivity index (χ4v) is 5.59. The van der Waals surface area contributed by atoms with Crippen molar-refractivity contribution in [3.05, 3.63) is 69.3 Å². The van der Waals surface area contributed by atoms with Crippen molar-refractivity contribution >= 4 is 11.9 Å². The van der Waals surface area contributed by atoms with E-state index in [-0.39, 0.29) is 41.0 Å². The Bertz CT molecular complexity index is 1740. The van der Waals surface area contributed by atoms with Crippen LogP contribution < -0.4 is 29.6 Å². The van der Waals surface area contributed by atoms with E-state index < -0.39 is 5.97 Å². The van der Waals surface area contributed by atoms with Crippen LogP contribution in [0.3, 0.4) is 0 Å². The van der Waals surface area contributed by atoms with E-state index in [0.717, 1.165) is 72.7 Å². The van der Waals surface area contributed by atoms with Gasteiger partial charge in [-0.3, -0.25) is 10.2 Å². The SMILES string of the molecule is COC(=O)c1cc(-c2n[nH]c(CCN(C)C)n2)c(C2CC2)cc1C.Cc1cc(C2CC2)c(-c2n[nH]c(CCN(C)C)n2)cc1C(=O)O.[Na+].[OH-]. The summed E-state index contributed by atoms with van der Waals surface area (Å²) in [5, 5.41) is 24.1. The summed E-state index contributed by atoms with van der Waals surface area (Å²) in [5.41, 5.74) is 6.84. The van der Waals surface area contributed by atoms with Crippen molar-refractivity contribution in [1.29, 1.82) is 0 Å². The molecule has 2 fully saturated rings. The molecule has 2 aliphatic rings. The van der Waals surface area contributed by atoms with Gasteiger partial charge in [0, 0.05) is 37.1 Å². The van der Waals surface area contributed by atoms with Crippen LogP contribution in [0.1, 0.15) is 92.1 Å². The summed E-state index contributed by atoms with van der Waals surface area (Å²) < 4.78 is 4.90. The van der Waals surface area contributed by atoms with Gasteiger partial charge in [-0.05, 0) is 114 Å². The number of carboxylic acid groups (broad SMARTS) is 1. The smallest absolute Gasteiger partial charge is 0.870 e. The first kappa shape index (κ1) is 40.0. The van der Waals surface area contributed by atoms with Crippen LogP contribution >= 0.6 is 0 Å². The number of likely N-dealkylation sites (N-methyl/N-ethyl adjacent to an activating group) is 2. The summed E-state index contributed by atoms with van der Waals surface area (Å²) in [6.45, 7) is 5.59. The van der Waals surface area contributed by atoms with Crippen LogP contribution in [0.5, 0.6) is 0 Å². The molecular weight excluding hydrogens is 635 g/mol. The number of methoxy groups -OCH3 is 1. The Hall–Kier alpha value is -3.46. The summed E-state index contributed by atoms with van der Waals surface area (Å²) in [5.74, 6) is 2.78. The van der Waals surface area contributed by atoms with Crippen molar-refractivity contribution in [3.8, 4) is 22.8 Å². The molecule has 2 heterocycles. The van der Waals surface area contributed by atoms with Gasteiger partial charge in [0.05, 0.1) is 18.2 Å². The van der Waals surface area contributed by atoms with Gasteiger partial charge in [0.15, 0.2) is 11.6 Å². The minimum atomic E-state index is -0.908. The molecule has 0 spiro atoms. The average Bonchev–Trinajstić information content (AvgIpc) is 3.97. The second kappa shape index (κ2) is 17.5. The number of benzene rings is 2. The third kappa shape index (κ3) is 10.3. The fourth-order valence-electron chi connectivity index (χ4n) is 5.59. The first-order chi connectivity index (χ1) is 22.4. The summed E-state index contributed by atoms with van der Waals surface area (Å²) in [6.07, 6.45) is 6.27. The number of rotatable bonds is 12. The van der Waals surface area contributed by atoms with Crippen molar-refractivity contribution in [2.75, 3.05) is 48.4 Å². The van der Waals surface area contributed by atoms with Gasteiger partial charge in [-0.25, -0.2) is 19.6 Å². The van der Waals surface area contributed by atoms with Crippen molar-refractivity contribution < 1.29 is 54.5 Å². The molecule has 4 N–H and O–H groups in total. The van der Waals surface area contributed by atoms with Crippen LogP contribution in [-0.2, 0) is 17.6 Å². The maximum atomic E-state index is 12.0. The molecule has 258 valence electrons. The number of carboxylic acids is 1. The molecule has 0 amide bonds. The number of H-pyrrole nitrogens is 2.